The van der Waals surface area contributed by atoms with E-state index >= 15 is 0 Å². The average Bonchev–Trinajstić information content (AvgIpc) is 2.79. The Balaban J connectivity index is 2.27. The van der Waals surface area contributed by atoms with Crippen molar-refractivity contribution in [3.8, 4) is 11.3 Å². The number of aliphatic hydroxyl groups excluding tert-OH is 1. The summed E-state index contributed by atoms with van der Waals surface area (Å²) in [6.45, 7) is 3.93. The zero-order chi connectivity index (χ0) is 14.3. The van der Waals surface area contributed by atoms with Gasteiger partial charge in [0.1, 0.15) is 5.65 Å². The molecule has 102 valence electrons. The highest BCUT2D eigenvalue weighted by Gasteiger charge is 2.13. The quantitative estimate of drug-likeness (QED) is 0.779. The van der Waals surface area contributed by atoms with Gasteiger partial charge < -0.3 is 9.51 Å². The maximum absolute atomic E-state index is 9.69. The van der Waals surface area contributed by atoms with Crippen LogP contribution in [-0.4, -0.2) is 14.5 Å². The largest absolute Gasteiger partial charge is 0.390 e. The number of rotatable bonds is 2. The Labute approximate surface area is 122 Å². The van der Waals surface area contributed by atoms with Gasteiger partial charge in [0.25, 0.3) is 0 Å². The smallest absolute Gasteiger partial charge is 0.137 e. The first kappa shape index (κ1) is 13.2. The van der Waals surface area contributed by atoms with Gasteiger partial charge in [-0.1, -0.05) is 23.7 Å². The van der Waals surface area contributed by atoms with Gasteiger partial charge in [-0.2, -0.15) is 0 Å². The number of nitrogens with zero attached hydrogens (tertiary/aromatic N) is 2. The lowest BCUT2D eigenvalue weighted by Gasteiger charge is -2.04. The van der Waals surface area contributed by atoms with Crippen molar-refractivity contribution < 1.29 is 5.11 Å². The molecule has 0 saturated carbocycles. The van der Waals surface area contributed by atoms with Crippen LogP contribution in [0.5, 0.6) is 0 Å². The monoisotopic (exact) mass is 286 g/mol. The summed E-state index contributed by atoms with van der Waals surface area (Å²) in [5.41, 5.74) is 5.53. The Morgan fingerprint density at radius 2 is 2.00 bits per heavy atom. The van der Waals surface area contributed by atoms with Crippen LogP contribution in [0.15, 0.2) is 36.5 Å². The molecule has 0 saturated heterocycles. The summed E-state index contributed by atoms with van der Waals surface area (Å²) in [6.07, 6.45) is 1.99. The molecule has 3 nitrogen and oxygen atoms in total. The van der Waals surface area contributed by atoms with Crippen molar-refractivity contribution in [2.75, 3.05) is 0 Å². The van der Waals surface area contributed by atoms with Gasteiger partial charge in [-0.15, -0.1) is 0 Å². The van der Waals surface area contributed by atoms with E-state index in [0.717, 1.165) is 38.7 Å². The van der Waals surface area contributed by atoms with Crippen LogP contribution in [0.1, 0.15) is 16.8 Å². The van der Waals surface area contributed by atoms with Gasteiger partial charge in [-0.05, 0) is 43.2 Å². The zero-order valence-corrected chi connectivity index (χ0v) is 12.1. The third-order valence-electron chi connectivity index (χ3n) is 3.45. The highest BCUT2D eigenvalue weighted by molar-refractivity contribution is 6.31. The number of halogens is 1. The number of hydrogen-bond acceptors (Lipinski definition) is 2. The minimum Gasteiger partial charge on any atom is -0.390 e. The highest BCUT2D eigenvalue weighted by atomic mass is 35.5. The van der Waals surface area contributed by atoms with E-state index in [0.29, 0.717) is 0 Å². The molecule has 0 unspecified atom stereocenters. The van der Waals surface area contributed by atoms with Gasteiger partial charge in [0.15, 0.2) is 0 Å². The van der Waals surface area contributed by atoms with E-state index in [1.807, 2.05) is 54.8 Å². The predicted octanol–water partition coefficient (Wildman–Crippen LogP) is 3.76. The van der Waals surface area contributed by atoms with E-state index in [1.54, 1.807) is 0 Å². The molecule has 0 aliphatic carbocycles. The molecule has 0 fully saturated rings. The molecule has 0 aliphatic heterocycles. The lowest BCUT2D eigenvalue weighted by atomic mass is 10.1. The highest BCUT2D eigenvalue weighted by Crippen LogP contribution is 2.28. The molecular weight excluding hydrogens is 272 g/mol. The Bertz CT molecular complexity index is 793. The number of hydrogen-bond donors (Lipinski definition) is 1. The summed E-state index contributed by atoms with van der Waals surface area (Å²) in [5.74, 6) is 0. The second-order valence-corrected chi connectivity index (χ2v) is 5.37. The number of benzene rings is 1. The zero-order valence-electron chi connectivity index (χ0n) is 11.4. The van der Waals surface area contributed by atoms with Gasteiger partial charge in [-0.25, -0.2) is 4.98 Å². The van der Waals surface area contributed by atoms with E-state index in [-0.39, 0.29) is 6.61 Å². The lowest BCUT2D eigenvalue weighted by Crippen LogP contribution is -1.95. The second-order valence-electron chi connectivity index (χ2n) is 4.96. The lowest BCUT2D eigenvalue weighted by molar-refractivity contribution is 0.276. The first-order chi connectivity index (χ1) is 9.60. The SMILES string of the molecule is Cc1ccc2nc(-c3ccc(Cl)c(C)c3)c(CO)n2c1. The van der Waals surface area contributed by atoms with E-state index in [1.165, 1.54) is 0 Å². The van der Waals surface area contributed by atoms with Crippen molar-refractivity contribution in [3.05, 3.63) is 58.4 Å². The topological polar surface area (TPSA) is 37.5 Å². The van der Waals surface area contributed by atoms with Gasteiger partial charge in [0.05, 0.1) is 18.0 Å². The normalized spacial score (nSPS) is 11.2. The Morgan fingerprint density at radius 3 is 2.70 bits per heavy atom. The molecular formula is C16H15ClN2O. The molecule has 4 heteroatoms. The van der Waals surface area contributed by atoms with Crippen molar-refractivity contribution in [3.63, 3.8) is 0 Å². The number of aromatic nitrogens is 2. The number of aliphatic hydroxyl groups is 1. The van der Waals surface area contributed by atoms with E-state index in [4.69, 9.17) is 11.6 Å². The minimum atomic E-state index is -0.0539. The van der Waals surface area contributed by atoms with Crippen molar-refractivity contribution in [1.82, 2.24) is 9.38 Å². The predicted molar refractivity (Wildman–Crippen MR) is 81.0 cm³/mol. The van der Waals surface area contributed by atoms with Gasteiger partial charge in [0, 0.05) is 16.8 Å². The van der Waals surface area contributed by atoms with Crippen molar-refractivity contribution in [2.45, 2.75) is 20.5 Å². The molecule has 3 aromatic rings. The first-order valence-electron chi connectivity index (χ1n) is 6.45. The van der Waals surface area contributed by atoms with Gasteiger partial charge in [-0.3, -0.25) is 0 Å². The fourth-order valence-corrected chi connectivity index (χ4v) is 2.49. The Hall–Kier alpha value is -1.84. The van der Waals surface area contributed by atoms with Gasteiger partial charge >= 0.3 is 0 Å². The van der Waals surface area contributed by atoms with E-state index < -0.39 is 0 Å². The number of pyridine rings is 1. The molecule has 0 amide bonds. The molecule has 0 bridgehead atoms. The number of imidazole rings is 1. The van der Waals surface area contributed by atoms with Crippen LogP contribution in [-0.2, 0) is 6.61 Å². The van der Waals surface area contributed by atoms with Crippen LogP contribution < -0.4 is 0 Å². The van der Waals surface area contributed by atoms with Crippen LogP contribution >= 0.6 is 11.6 Å². The molecule has 0 radical (unpaired) electrons. The molecule has 0 spiro atoms. The Morgan fingerprint density at radius 1 is 1.20 bits per heavy atom. The molecule has 1 aromatic carbocycles. The molecule has 2 heterocycles. The van der Waals surface area contributed by atoms with Crippen LogP contribution in [0.3, 0.4) is 0 Å². The maximum atomic E-state index is 9.69. The summed E-state index contributed by atoms with van der Waals surface area (Å²) >= 11 is 6.07. The summed E-state index contributed by atoms with van der Waals surface area (Å²) in [5, 5.41) is 10.4. The third kappa shape index (κ3) is 2.09. The van der Waals surface area contributed by atoms with Crippen molar-refractivity contribution in [1.29, 1.82) is 0 Å². The first-order valence-corrected chi connectivity index (χ1v) is 6.83. The Kier molecular flexibility index (Phi) is 3.24. The van der Waals surface area contributed by atoms with Gasteiger partial charge in [0.2, 0.25) is 0 Å². The fourth-order valence-electron chi connectivity index (χ4n) is 2.37. The fraction of sp³-hybridized carbons (Fsp3) is 0.188. The maximum Gasteiger partial charge on any atom is 0.137 e. The van der Waals surface area contributed by atoms with Crippen LogP contribution in [0.2, 0.25) is 5.02 Å². The van der Waals surface area contributed by atoms with Crippen LogP contribution in [0, 0.1) is 13.8 Å². The number of fused-ring (bicyclic) bond motifs is 1. The molecule has 1 N–H and O–H groups in total. The minimum absolute atomic E-state index is 0.0539. The second kappa shape index (κ2) is 4.93. The summed E-state index contributed by atoms with van der Waals surface area (Å²) in [4.78, 5) is 4.63. The van der Waals surface area contributed by atoms with E-state index in [2.05, 4.69) is 4.98 Å². The molecule has 20 heavy (non-hydrogen) atoms. The van der Waals surface area contributed by atoms with Crippen LogP contribution in [0.4, 0.5) is 0 Å². The third-order valence-corrected chi connectivity index (χ3v) is 3.87. The summed E-state index contributed by atoms with van der Waals surface area (Å²) in [7, 11) is 0. The summed E-state index contributed by atoms with van der Waals surface area (Å²) in [6, 6.07) is 9.77. The van der Waals surface area contributed by atoms with E-state index in [9.17, 15) is 5.11 Å². The molecule has 0 aliphatic rings. The van der Waals surface area contributed by atoms with Crippen molar-refractivity contribution >= 4 is 17.2 Å². The van der Waals surface area contributed by atoms with Crippen molar-refractivity contribution in [2.24, 2.45) is 0 Å². The standard InChI is InChI=1S/C16H15ClN2O/c1-10-3-6-15-18-16(14(9-20)19(15)8-10)12-4-5-13(17)11(2)7-12/h3-8,20H,9H2,1-2H3. The summed E-state index contributed by atoms with van der Waals surface area (Å²) < 4.78 is 1.94. The molecule has 3 rings (SSSR count). The molecule has 0 atom stereocenters. The average molecular weight is 287 g/mol. The molecule has 2 aromatic heterocycles. The number of aryl methyl sites for hydroxylation is 2. The van der Waals surface area contributed by atoms with Crippen LogP contribution in [0.25, 0.3) is 16.9 Å².